The van der Waals surface area contributed by atoms with Gasteiger partial charge >= 0.3 is 0 Å². The van der Waals surface area contributed by atoms with Gasteiger partial charge in [0.2, 0.25) is 10.0 Å². The van der Waals surface area contributed by atoms with E-state index in [0.29, 0.717) is 35.5 Å². The van der Waals surface area contributed by atoms with Crippen molar-refractivity contribution in [3.63, 3.8) is 0 Å². The van der Waals surface area contributed by atoms with Crippen molar-refractivity contribution in [2.75, 3.05) is 18.8 Å². The van der Waals surface area contributed by atoms with E-state index in [1.165, 1.54) is 4.31 Å². The van der Waals surface area contributed by atoms with Crippen LogP contribution >= 0.6 is 12.4 Å². The second-order valence-corrected chi connectivity index (χ2v) is 9.02. The molecule has 30 heavy (non-hydrogen) atoms. The van der Waals surface area contributed by atoms with Crippen LogP contribution in [0.25, 0.3) is 22.6 Å². The molecule has 0 radical (unpaired) electrons. The fourth-order valence-electron chi connectivity index (χ4n) is 3.35. The molecule has 1 aliphatic heterocycles. The standard InChI is InChI=1S/C19H21N5O4S.ClH/c1-11-3-4-15(29(26,27)24-6-5-14(25)10-24)8-16(11)13-7-17(18(20)21-9-13)19-22-12(2)23-28-19;/h3-4,7-9,14,25H,5-6,10H2,1-2H3,(H2,20,21);1H/t14-;/m0./s1. The number of pyridine rings is 1. The molecule has 0 aliphatic carbocycles. The number of aliphatic hydroxyl groups excluding tert-OH is 1. The number of β-amino-alcohol motifs (C(OH)–C–C–N with tert-alkyl or cyclic N) is 1. The third kappa shape index (κ3) is 4.04. The Kier molecular flexibility index (Phi) is 6.14. The highest BCUT2D eigenvalue weighted by Crippen LogP contribution is 2.32. The van der Waals surface area contributed by atoms with Gasteiger partial charge in [-0.1, -0.05) is 11.2 Å². The summed E-state index contributed by atoms with van der Waals surface area (Å²) in [6.07, 6.45) is 1.39. The van der Waals surface area contributed by atoms with Crippen molar-refractivity contribution in [2.24, 2.45) is 0 Å². The minimum absolute atomic E-state index is 0. The maximum Gasteiger partial charge on any atom is 0.261 e. The molecule has 3 heterocycles. The van der Waals surface area contributed by atoms with E-state index in [-0.39, 0.29) is 35.6 Å². The molecule has 2 aromatic heterocycles. The molecule has 0 saturated carbocycles. The van der Waals surface area contributed by atoms with E-state index in [1.807, 2.05) is 6.92 Å². The lowest BCUT2D eigenvalue weighted by Gasteiger charge is -2.17. The molecule has 4 rings (SSSR count). The molecule has 1 aliphatic rings. The van der Waals surface area contributed by atoms with Crippen LogP contribution in [0.4, 0.5) is 5.82 Å². The highest BCUT2D eigenvalue weighted by molar-refractivity contribution is 7.89. The molecule has 1 fully saturated rings. The van der Waals surface area contributed by atoms with E-state index in [4.69, 9.17) is 10.3 Å². The Bertz CT molecular complexity index is 1180. The third-order valence-corrected chi connectivity index (χ3v) is 6.82. The SMILES string of the molecule is Cc1noc(-c2cc(-c3cc(S(=O)(=O)N4CC[C@H](O)C4)ccc3C)cnc2N)n1.Cl. The average Bonchev–Trinajstić information content (AvgIpc) is 3.31. The minimum atomic E-state index is -3.70. The van der Waals surface area contributed by atoms with Crippen LogP contribution in [0, 0.1) is 13.8 Å². The van der Waals surface area contributed by atoms with Gasteiger partial charge in [0.25, 0.3) is 5.89 Å². The van der Waals surface area contributed by atoms with Crippen LogP contribution in [-0.4, -0.2) is 52.1 Å². The van der Waals surface area contributed by atoms with E-state index < -0.39 is 16.1 Å². The Balaban J connectivity index is 0.00000256. The summed E-state index contributed by atoms with van der Waals surface area (Å²) < 4.78 is 32.4. The summed E-state index contributed by atoms with van der Waals surface area (Å²) in [5, 5.41) is 13.5. The van der Waals surface area contributed by atoms with E-state index in [1.54, 1.807) is 37.4 Å². The topological polar surface area (TPSA) is 135 Å². The van der Waals surface area contributed by atoms with Crippen molar-refractivity contribution in [3.8, 4) is 22.6 Å². The monoisotopic (exact) mass is 451 g/mol. The van der Waals surface area contributed by atoms with E-state index in [0.717, 1.165) is 5.56 Å². The minimum Gasteiger partial charge on any atom is -0.392 e. The largest absolute Gasteiger partial charge is 0.392 e. The maximum atomic E-state index is 13.0. The molecule has 0 bridgehead atoms. The highest BCUT2D eigenvalue weighted by Gasteiger charge is 2.32. The summed E-state index contributed by atoms with van der Waals surface area (Å²) in [5.41, 5.74) is 8.73. The van der Waals surface area contributed by atoms with Crippen molar-refractivity contribution in [3.05, 3.63) is 41.9 Å². The predicted octanol–water partition coefficient (Wildman–Crippen LogP) is 2.17. The number of nitrogens with two attached hydrogens (primary N) is 1. The lowest BCUT2D eigenvalue weighted by atomic mass is 10.0. The Labute approximate surface area is 180 Å². The number of nitrogen functional groups attached to an aromatic ring is 1. The normalized spacial score (nSPS) is 17.1. The molecule has 1 saturated heterocycles. The van der Waals surface area contributed by atoms with Crippen LogP contribution in [0.1, 0.15) is 17.8 Å². The zero-order chi connectivity index (χ0) is 20.8. The predicted molar refractivity (Wildman–Crippen MR) is 113 cm³/mol. The number of aryl methyl sites for hydroxylation is 2. The third-order valence-electron chi connectivity index (χ3n) is 4.96. The van der Waals surface area contributed by atoms with Crippen molar-refractivity contribution in [1.29, 1.82) is 0 Å². The molecular weight excluding hydrogens is 430 g/mol. The molecule has 3 N–H and O–H groups in total. The van der Waals surface area contributed by atoms with E-state index >= 15 is 0 Å². The summed E-state index contributed by atoms with van der Waals surface area (Å²) >= 11 is 0. The summed E-state index contributed by atoms with van der Waals surface area (Å²) in [6, 6.07) is 6.70. The molecule has 0 spiro atoms. The zero-order valence-corrected chi connectivity index (χ0v) is 18.1. The smallest absolute Gasteiger partial charge is 0.261 e. The lowest BCUT2D eigenvalue weighted by molar-refractivity contribution is 0.189. The molecule has 160 valence electrons. The first-order valence-corrected chi connectivity index (χ1v) is 10.5. The number of hydrogen-bond acceptors (Lipinski definition) is 8. The van der Waals surface area contributed by atoms with Crippen molar-refractivity contribution in [1.82, 2.24) is 19.4 Å². The second-order valence-electron chi connectivity index (χ2n) is 7.09. The quantitative estimate of drug-likeness (QED) is 0.616. The number of nitrogens with zero attached hydrogens (tertiary/aromatic N) is 4. The van der Waals surface area contributed by atoms with Gasteiger partial charge in [-0.05, 0) is 49.6 Å². The van der Waals surface area contributed by atoms with Crippen molar-refractivity contribution >= 4 is 28.2 Å². The second kappa shape index (κ2) is 8.31. The summed E-state index contributed by atoms with van der Waals surface area (Å²) in [7, 11) is -3.70. The van der Waals surface area contributed by atoms with Gasteiger partial charge in [0.1, 0.15) is 5.82 Å². The molecule has 9 nitrogen and oxygen atoms in total. The number of sulfonamides is 1. The van der Waals surface area contributed by atoms with Gasteiger partial charge in [-0.15, -0.1) is 12.4 Å². The number of anilines is 1. The summed E-state index contributed by atoms with van der Waals surface area (Å²) in [6.45, 7) is 4.00. The molecule has 0 unspecified atom stereocenters. The van der Waals surface area contributed by atoms with Crippen molar-refractivity contribution < 1.29 is 18.0 Å². The Morgan fingerprint density at radius 3 is 2.63 bits per heavy atom. The van der Waals surface area contributed by atoms with E-state index in [2.05, 4.69) is 15.1 Å². The Morgan fingerprint density at radius 1 is 1.23 bits per heavy atom. The summed E-state index contributed by atoms with van der Waals surface area (Å²) in [5.74, 6) is 0.966. The number of benzene rings is 1. The molecule has 1 atom stereocenters. The first-order chi connectivity index (χ1) is 13.8. The van der Waals surface area contributed by atoms with Gasteiger partial charge in [-0.3, -0.25) is 0 Å². The number of aliphatic hydroxyl groups is 1. The first kappa shape index (κ1) is 22.2. The molecule has 1 aromatic carbocycles. The van der Waals surface area contributed by atoms with E-state index in [9.17, 15) is 13.5 Å². The number of aromatic nitrogens is 3. The van der Waals surface area contributed by atoms with Crippen LogP contribution in [-0.2, 0) is 10.0 Å². The molecular formula is C19H22ClN5O4S. The van der Waals surface area contributed by atoms with Crippen LogP contribution in [0.3, 0.4) is 0 Å². The highest BCUT2D eigenvalue weighted by atomic mass is 35.5. The Hall–Kier alpha value is -2.53. The number of hydrogen-bond donors (Lipinski definition) is 2. The molecule has 0 amide bonds. The lowest BCUT2D eigenvalue weighted by Crippen LogP contribution is -2.29. The van der Waals surface area contributed by atoms with Crippen LogP contribution in [0.5, 0.6) is 0 Å². The van der Waals surface area contributed by atoms with Gasteiger partial charge in [0.15, 0.2) is 5.82 Å². The van der Waals surface area contributed by atoms with Crippen LogP contribution in [0.15, 0.2) is 39.9 Å². The van der Waals surface area contributed by atoms with Gasteiger partial charge in [0.05, 0.1) is 16.6 Å². The first-order valence-electron chi connectivity index (χ1n) is 9.11. The van der Waals surface area contributed by atoms with Crippen LogP contribution in [0.2, 0.25) is 0 Å². The van der Waals surface area contributed by atoms with Gasteiger partial charge in [-0.2, -0.15) is 9.29 Å². The molecule has 11 heteroatoms. The fourth-order valence-corrected chi connectivity index (χ4v) is 4.87. The summed E-state index contributed by atoms with van der Waals surface area (Å²) in [4.78, 5) is 8.58. The maximum absolute atomic E-state index is 13.0. The van der Waals surface area contributed by atoms with Crippen molar-refractivity contribution in [2.45, 2.75) is 31.3 Å². The average molecular weight is 452 g/mol. The number of rotatable bonds is 4. The van der Waals surface area contributed by atoms with Crippen LogP contribution < -0.4 is 5.73 Å². The zero-order valence-electron chi connectivity index (χ0n) is 16.4. The van der Waals surface area contributed by atoms with Gasteiger partial charge in [0, 0.05) is 24.8 Å². The van der Waals surface area contributed by atoms with Gasteiger partial charge in [-0.25, -0.2) is 13.4 Å². The fraction of sp³-hybridized carbons (Fsp3) is 0.316. The molecule has 3 aromatic rings. The number of halogens is 1. The Morgan fingerprint density at radius 2 is 2.00 bits per heavy atom. The van der Waals surface area contributed by atoms with Gasteiger partial charge < -0.3 is 15.4 Å².